The molecule has 0 saturated heterocycles. The second kappa shape index (κ2) is 5.76. The summed E-state index contributed by atoms with van der Waals surface area (Å²) in [6, 6.07) is 11.0. The Kier molecular flexibility index (Phi) is 4.27. The topological polar surface area (TPSA) is 20.2 Å². The van der Waals surface area contributed by atoms with Crippen molar-refractivity contribution < 1.29 is 9.50 Å². The fourth-order valence-electron chi connectivity index (χ4n) is 1.92. The van der Waals surface area contributed by atoms with Crippen LogP contribution in [0.5, 0.6) is 0 Å². The Morgan fingerprint density at radius 2 is 1.84 bits per heavy atom. The third-order valence-corrected chi connectivity index (χ3v) is 4.20. The van der Waals surface area contributed by atoms with E-state index in [2.05, 4.69) is 26.0 Å². The van der Waals surface area contributed by atoms with E-state index in [1.54, 1.807) is 13.0 Å². The average molecular weight is 276 g/mol. The molecule has 2 rings (SSSR count). The Labute approximate surface area is 117 Å². The lowest BCUT2D eigenvalue weighted by Crippen LogP contribution is -1.98. The van der Waals surface area contributed by atoms with Crippen molar-refractivity contribution in [1.82, 2.24) is 0 Å². The van der Waals surface area contributed by atoms with Crippen molar-refractivity contribution in [2.75, 3.05) is 0 Å². The first-order valence-corrected chi connectivity index (χ1v) is 7.02. The van der Waals surface area contributed by atoms with Gasteiger partial charge < -0.3 is 5.11 Å². The molecule has 3 heteroatoms. The van der Waals surface area contributed by atoms with Gasteiger partial charge in [-0.25, -0.2) is 4.39 Å². The van der Waals surface area contributed by atoms with Crippen LogP contribution in [-0.2, 0) is 0 Å². The summed E-state index contributed by atoms with van der Waals surface area (Å²) in [5, 5.41) is 9.71. The molecule has 19 heavy (non-hydrogen) atoms. The van der Waals surface area contributed by atoms with Crippen molar-refractivity contribution in [2.45, 2.75) is 36.7 Å². The van der Waals surface area contributed by atoms with Crippen LogP contribution >= 0.6 is 11.8 Å². The summed E-state index contributed by atoms with van der Waals surface area (Å²) in [5.74, 6) is -0.358. The first-order chi connectivity index (χ1) is 8.99. The van der Waals surface area contributed by atoms with Gasteiger partial charge >= 0.3 is 0 Å². The molecule has 0 amide bonds. The minimum Gasteiger partial charge on any atom is -0.389 e. The predicted molar refractivity (Wildman–Crippen MR) is 77.1 cm³/mol. The summed E-state index contributed by atoms with van der Waals surface area (Å²) in [6.45, 7) is 5.70. The van der Waals surface area contributed by atoms with Gasteiger partial charge in [-0.3, -0.25) is 0 Å². The summed E-state index contributed by atoms with van der Waals surface area (Å²) in [7, 11) is 0. The highest BCUT2D eigenvalue weighted by molar-refractivity contribution is 7.99. The molecule has 0 bridgehead atoms. The summed E-state index contributed by atoms with van der Waals surface area (Å²) < 4.78 is 13.8. The molecule has 0 aromatic heterocycles. The second-order valence-corrected chi connectivity index (χ2v) is 5.79. The van der Waals surface area contributed by atoms with Crippen molar-refractivity contribution in [3.8, 4) is 0 Å². The van der Waals surface area contributed by atoms with Crippen LogP contribution in [0.25, 0.3) is 0 Å². The van der Waals surface area contributed by atoms with Crippen molar-refractivity contribution in [3.05, 3.63) is 58.9 Å². The molecule has 2 aromatic carbocycles. The SMILES string of the molecule is Cc1ccc(Sc2cccc(F)c2C(C)O)cc1C. The third-order valence-electron chi connectivity index (χ3n) is 3.14. The minimum atomic E-state index is -0.810. The standard InChI is InChI=1S/C16H17FOS/c1-10-7-8-13(9-11(10)2)19-15-6-4-5-14(17)16(15)12(3)18/h4-9,12,18H,1-3H3. The third kappa shape index (κ3) is 3.17. The lowest BCUT2D eigenvalue weighted by Gasteiger charge is -2.13. The highest BCUT2D eigenvalue weighted by Crippen LogP contribution is 2.35. The Bertz CT molecular complexity index is 593. The number of rotatable bonds is 3. The van der Waals surface area contributed by atoms with Crippen LogP contribution in [-0.4, -0.2) is 5.11 Å². The van der Waals surface area contributed by atoms with Gasteiger partial charge in [0, 0.05) is 15.4 Å². The van der Waals surface area contributed by atoms with Gasteiger partial charge in [-0.05, 0) is 56.2 Å². The summed E-state index contributed by atoms with van der Waals surface area (Å²) >= 11 is 1.48. The van der Waals surface area contributed by atoms with Gasteiger partial charge in [0.1, 0.15) is 5.82 Å². The lowest BCUT2D eigenvalue weighted by atomic mass is 10.1. The van der Waals surface area contributed by atoms with Crippen molar-refractivity contribution in [1.29, 1.82) is 0 Å². The quantitative estimate of drug-likeness (QED) is 0.880. The van der Waals surface area contributed by atoms with E-state index in [1.165, 1.54) is 29.0 Å². The molecule has 0 heterocycles. The monoisotopic (exact) mass is 276 g/mol. The summed E-state index contributed by atoms with van der Waals surface area (Å²) in [6.07, 6.45) is -0.810. The molecule has 0 aliphatic rings. The molecule has 100 valence electrons. The Morgan fingerprint density at radius 3 is 2.47 bits per heavy atom. The van der Waals surface area contributed by atoms with Crippen molar-refractivity contribution in [3.63, 3.8) is 0 Å². The number of hydrogen-bond donors (Lipinski definition) is 1. The molecule has 0 spiro atoms. The molecule has 2 aromatic rings. The van der Waals surface area contributed by atoms with Crippen LogP contribution in [0.4, 0.5) is 4.39 Å². The van der Waals surface area contributed by atoms with E-state index in [-0.39, 0.29) is 5.82 Å². The molecule has 0 aliphatic carbocycles. The number of aliphatic hydroxyl groups is 1. The smallest absolute Gasteiger partial charge is 0.130 e. The molecule has 0 aliphatic heterocycles. The maximum absolute atomic E-state index is 13.8. The van der Waals surface area contributed by atoms with Crippen molar-refractivity contribution >= 4 is 11.8 Å². The zero-order valence-corrected chi connectivity index (χ0v) is 12.1. The first-order valence-electron chi connectivity index (χ1n) is 6.20. The molecule has 1 unspecified atom stereocenters. The van der Waals surface area contributed by atoms with Gasteiger partial charge in [0.2, 0.25) is 0 Å². The maximum Gasteiger partial charge on any atom is 0.130 e. The van der Waals surface area contributed by atoms with E-state index < -0.39 is 6.10 Å². The maximum atomic E-state index is 13.8. The number of halogens is 1. The number of hydrogen-bond acceptors (Lipinski definition) is 2. The van der Waals surface area contributed by atoms with Gasteiger partial charge in [-0.15, -0.1) is 0 Å². The normalized spacial score (nSPS) is 12.5. The van der Waals surface area contributed by atoms with E-state index in [1.807, 2.05) is 12.1 Å². The predicted octanol–water partition coefficient (Wildman–Crippen LogP) is 4.65. The van der Waals surface area contributed by atoms with Crippen LogP contribution in [0.3, 0.4) is 0 Å². The molecule has 0 fully saturated rings. The van der Waals surface area contributed by atoms with Gasteiger partial charge in [-0.2, -0.15) is 0 Å². The van der Waals surface area contributed by atoms with Gasteiger partial charge in [0.05, 0.1) is 6.10 Å². The number of benzene rings is 2. The van der Waals surface area contributed by atoms with Gasteiger partial charge in [0.25, 0.3) is 0 Å². The van der Waals surface area contributed by atoms with E-state index in [0.717, 1.165) is 9.79 Å². The Hall–Kier alpha value is -1.32. The van der Waals surface area contributed by atoms with Crippen molar-refractivity contribution in [2.24, 2.45) is 0 Å². The van der Waals surface area contributed by atoms with E-state index in [0.29, 0.717) is 5.56 Å². The molecule has 1 N–H and O–H groups in total. The van der Waals surface area contributed by atoms with Gasteiger partial charge in [0.15, 0.2) is 0 Å². The summed E-state index contributed by atoms with van der Waals surface area (Å²) in [4.78, 5) is 1.81. The molecule has 1 atom stereocenters. The molecule has 0 radical (unpaired) electrons. The average Bonchev–Trinajstić information content (AvgIpc) is 2.33. The zero-order chi connectivity index (χ0) is 14.0. The van der Waals surface area contributed by atoms with E-state index in [9.17, 15) is 9.50 Å². The largest absolute Gasteiger partial charge is 0.389 e. The molecular formula is C16H17FOS. The highest BCUT2D eigenvalue weighted by atomic mass is 32.2. The number of aryl methyl sites for hydroxylation is 2. The summed E-state index contributed by atoms with van der Waals surface area (Å²) in [5.41, 5.74) is 2.81. The van der Waals surface area contributed by atoms with Crippen LogP contribution in [0.2, 0.25) is 0 Å². The molecule has 1 nitrogen and oxygen atoms in total. The lowest BCUT2D eigenvalue weighted by molar-refractivity contribution is 0.191. The first kappa shape index (κ1) is 14.1. The van der Waals surface area contributed by atoms with Crippen LogP contribution in [0.1, 0.15) is 29.7 Å². The number of aliphatic hydroxyl groups excluding tert-OH is 1. The van der Waals surface area contributed by atoms with Gasteiger partial charge in [-0.1, -0.05) is 23.9 Å². The second-order valence-electron chi connectivity index (χ2n) is 4.68. The fraction of sp³-hybridized carbons (Fsp3) is 0.250. The Morgan fingerprint density at radius 1 is 1.11 bits per heavy atom. The van der Waals surface area contributed by atoms with E-state index >= 15 is 0 Å². The van der Waals surface area contributed by atoms with Crippen LogP contribution in [0, 0.1) is 19.7 Å². The minimum absolute atomic E-state index is 0.358. The van der Waals surface area contributed by atoms with Crippen LogP contribution < -0.4 is 0 Å². The fourth-order valence-corrected chi connectivity index (χ4v) is 3.07. The Balaban J connectivity index is 2.38. The molecule has 0 saturated carbocycles. The highest BCUT2D eigenvalue weighted by Gasteiger charge is 2.14. The molecular weight excluding hydrogens is 259 g/mol. The van der Waals surface area contributed by atoms with Crippen LogP contribution in [0.15, 0.2) is 46.2 Å². The van der Waals surface area contributed by atoms with E-state index in [4.69, 9.17) is 0 Å². The zero-order valence-electron chi connectivity index (χ0n) is 11.3.